The number of phenolic OH excluding ortho intramolecular Hbond substituents is 2. The summed E-state index contributed by atoms with van der Waals surface area (Å²) in [6.07, 6.45) is 1.84. The Hall–Kier alpha value is -1.96. The molecule has 0 aliphatic rings. The second-order valence-electron chi connectivity index (χ2n) is 4.35. The molecular weight excluding hydrogens is 224 g/mol. The lowest BCUT2D eigenvalue weighted by molar-refractivity contribution is 0.474. The van der Waals surface area contributed by atoms with E-state index in [9.17, 15) is 10.2 Å². The Morgan fingerprint density at radius 1 is 0.833 bits per heavy atom. The molecule has 0 saturated carbocycles. The van der Waals surface area contributed by atoms with E-state index in [1.807, 2.05) is 18.2 Å². The first-order valence-electron chi connectivity index (χ1n) is 6.30. The van der Waals surface area contributed by atoms with Gasteiger partial charge < -0.3 is 10.2 Å². The standard InChI is InChI=1S/C16H18O2/c1-3-11-7-10-15(18)16(14(11)4-2)12-5-8-13(17)9-6-12/h5-10,17-18H,3-4H2,1-2H3. The minimum atomic E-state index is 0.239. The van der Waals surface area contributed by atoms with Crippen molar-refractivity contribution in [2.24, 2.45) is 0 Å². The molecule has 2 N–H and O–H groups in total. The van der Waals surface area contributed by atoms with Crippen molar-refractivity contribution in [2.75, 3.05) is 0 Å². The summed E-state index contributed by atoms with van der Waals surface area (Å²) in [5.41, 5.74) is 4.27. The van der Waals surface area contributed by atoms with Gasteiger partial charge in [0.25, 0.3) is 0 Å². The monoisotopic (exact) mass is 242 g/mol. The van der Waals surface area contributed by atoms with Gasteiger partial charge in [-0.3, -0.25) is 0 Å². The number of hydrogen-bond donors (Lipinski definition) is 2. The molecule has 0 bridgehead atoms. The third kappa shape index (κ3) is 2.19. The van der Waals surface area contributed by atoms with Gasteiger partial charge in [-0.15, -0.1) is 0 Å². The van der Waals surface area contributed by atoms with Gasteiger partial charge in [0.15, 0.2) is 0 Å². The van der Waals surface area contributed by atoms with Crippen LogP contribution in [-0.2, 0) is 12.8 Å². The van der Waals surface area contributed by atoms with Crippen LogP contribution >= 0.6 is 0 Å². The quantitative estimate of drug-likeness (QED) is 0.857. The fourth-order valence-electron chi connectivity index (χ4n) is 2.36. The number of hydrogen-bond acceptors (Lipinski definition) is 2. The summed E-state index contributed by atoms with van der Waals surface area (Å²) in [4.78, 5) is 0. The Bertz CT molecular complexity index is 542. The van der Waals surface area contributed by atoms with Gasteiger partial charge in [-0.1, -0.05) is 32.0 Å². The lowest BCUT2D eigenvalue weighted by Gasteiger charge is -2.14. The Labute approximate surface area is 108 Å². The predicted molar refractivity (Wildman–Crippen MR) is 74.0 cm³/mol. The number of phenols is 2. The Balaban J connectivity index is 2.65. The highest BCUT2D eigenvalue weighted by Crippen LogP contribution is 2.35. The first kappa shape index (κ1) is 12.5. The van der Waals surface area contributed by atoms with Crippen molar-refractivity contribution in [1.82, 2.24) is 0 Å². The zero-order chi connectivity index (χ0) is 13.1. The van der Waals surface area contributed by atoms with Gasteiger partial charge >= 0.3 is 0 Å². The first-order chi connectivity index (χ1) is 8.67. The largest absolute Gasteiger partial charge is 0.508 e. The summed E-state index contributed by atoms with van der Waals surface area (Å²) in [6, 6.07) is 10.7. The molecular formula is C16H18O2. The Morgan fingerprint density at radius 2 is 1.50 bits per heavy atom. The maximum absolute atomic E-state index is 10.1. The minimum Gasteiger partial charge on any atom is -0.508 e. The molecule has 2 heteroatoms. The van der Waals surface area contributed by atoms with E-state index in [0.29, 0.717) is 5.75 Å². The van der Waals surface area contributed by atoms with E-state index in [-0.39, 0.29) is 5.75 Å². The summed E-state index contributed by atoms with van der Waals surface area (Å²) < 4.78 is 0. The lowest BCUT2D eigenvalue weighted by atomic mass is 9.92. The third-order valence-electron chi connectivity index (χ3n) is 3.28. The van der Waals surface area contributed by atoms with Crippen LogP contribution in [0.5, 0.6) is 11.5 Å². The molecule has 0 aliphatic heterocycles. The van der Waals surface area contributed by atoms with Crippen LogP contribution in [0.1, 0.15) is 25.0 Å². The van der Waals surface area contributed by atoms with Crippen molar-refractivity contribution >= 4 is 0 Å². The topological polar surface area (TPSA) is 40.5 Å². The van der Waals surface area contributed by atoms with E-state index in [1.165, 1.54) is 11.1 Å². The molecule has 0 radical (unpaired) electrons. The molecule has 0 aliphatic carbocycles. The van der Waals surface area contributed by atoms with E-state index in [4.69, 9.17) is 0 Å². The van der Waals surface area contributed by atoms with Crippen molar-refractivity contribution in [2.45, 2.75) is 26.7 Å². The minimum absolute atomic E-state index is 0.239. The molecule has 0 heterocycles. The predicted octanol–water partition coefficient (Wildman–Crippen LogP) is 3.89. The van der Waals surface area contributed by atoms with Crippen molar-refractivity contribution in [3.05, 3.63) is 47.5 Å². The highest BCUT2D eigenvalue weighted by Gasteiger charge is 2.12. The van der Waals surface area contributed by atoms with Gasteiger partial charge in [0.2, 0.25) is 0 Å². The number of rotatable bonds is 3. The number of benzene rings is 2. The van der Waals surface area contributed by atoms with Gasteiger partial charge in [-0.2, -0.15) is 0 Å². The van der Waals surface area contributed by atoms with Crippen LogP contribution in [0.3, 0.4) is 0 Å². The van der Waals surface area contributed by atoms with Crippen molar-refractivity contribution in [1.29, 1.82) is 0 Å². The van der Waals surface area contributed by atoms with Crippen molar-refractivity contribution in [3.8, 4) is 22.6 Å². The molecule has 18 heavy (non-hydrogen) atoms. The maximum atomic E-state index is 10.1. The molecule has 0 amide bonds. The van der Waals surface area contributed by atoms with Crippen LogP contribution < -0.4 is 0 Å². The Kier molecular flexibility index (Phi) is 3.56. The van der Waals surface area contributed by atoms with Crippen LogP contribution in [0, 0.1) is 0 Å². The number of aromatic hydroxyl groups is 2. The highest BCUT2D eigenvalue weighted by molar-refractivity contribution is 5.75. The highest BCUT2D eigenvalue weighted by atomic mass is 16.3. The summed E-state index contributed by atoms with van der Waals surface area (Å²) in [5, 5.41) is 19.4. The molecule has 94 valence electrons. The summed E-state index contributed by atoms with van der Waals surface area (Å²) in [7, 11) is 0. The molecule has 2 aromatic rings. The van der Waals surface area contributed by atoms with Crippen LogP contribution in [-0.4, -0.2) is 10.2 Å². The maximum Gasteiger partial charge on any atom is 0.123 e. The van der Waals surface area contributed by atoms with Crippen LogP contribution in [0.2, 0.25) is 0 Å². The summed E-state index contributed by atoms with van der Waals surface area (Å²) in [5.74, 6) is 0.540. The molecule has 2 nitrogen and oxygen atoms in total. The average molecular weight is 242 g/mol. The Morgan fingerprint density at radius 3 is 2.06 bits per heavy atom. The van der Waals surface area contributed by atoms with Gasteiger partial charge in [0, 0.05) is 5.56 Å². The van der Waals surface area contributed by atoms with Gasteiger partial charge in [-0.25, -0.2) is 0 Å². The second kappa shape index (κ2) is 5.13. The lowest BCUT2D eigenvalue weighted by Crippen LogP contribution is -1.95. The van der Waals surface area contributed by atoms with E-state index in [1.54, 1.807) is 18.2 Å². The third-order valence-corrected chi connectivity index (χ3v) is 3.28. The molecule has 0 aromatic heterocycles. The van der Waals surface area contributed by atoms with Crippen LogP contribution in [0.15, 0.2) is 36.4 Å². The average Bonchev–Trinajstić information content (AvgIpc) is 2.39. The molecule has 0 fully saturated rings. The van der Waals surface area contributed by atoms with Crippen molar-refractivity contribution in [3.63, 3.8) is 0 Å². The zero-order valence-corrected chi connectivity index (χ0v) is 10.8. The van der Waals surface area contributed by atoms with Gasteiger partial charge in [-0.05, 0) is 47.7 Å². The smallest absolute Gasteiger partial charge is 0.123 e. The van der Waals surface area contributed by atoms with Crippen LogP contribution in [0.25, 0.3) is 11.1 Å². The summed E-state index contributed by atoms with van der Waals surface area (Å²) >= 11 is 0. The first-order valence-corrected chi connectivity index (χ1v) is 6.30. The fraction of sp³-hybridized carbons (Fsp3) is 0.250. The van der Waals surface area contributed by atoms with E-state index < -0.39 is 0 Å². The van der Waals surface area contributed by atoms with E-state index in [2.05, 4.69) is 13.8 Å². The summed E-state index contributed by atoms with van der Waals surface area (Å²) in [6.45, 7) is 4.21. The molecule has 2 aromatic carbocycles. The zero-order valence-electron chi connectivity index (χ0n) is 10.8. The van der Waals surface area contributed by atoms with Crippen molar-refractivity contribution < 1.29 is 10.2 Å². The van der Waals surface area contributed by atoms with Gasteiger partial charge in [0.1, 0.15) is 11.5 Å². The number of aryl methyl sites for hydroxylation is 1. The second-order valence-corrected chi connectivity index (χ2v) is 4.35. The molecule has 2 rings (SSSR count). The normalized spacial score (nSPS) is 10.6. The van der Waals surface area contributed by atoms with Crippen LogP contribution in [0.4, 0.5) is 0 Å². The fourth-order valence-corrected chi connectivity index (χ4v) is 2.36. The molecule has 0 saturated heterocycles. The SMILES string of the molecule is CCc1ccc(O)c(-c2ccc(O)cc2)c1CC. The molecule has 0 atom stereocenters. The van der Waals surface area contributed by atoms with E-state index in [0.717, 1.165) is 24.0 Å². The van der Waals surface area contributed by atoms with E-state index >= 15 is 0 Å². The molecule has 0 unspecified atom stereocenters. The van der Waals surface area contributed by atoms with Gasteiger partial charge in [0.05, 0.1) is 0 Å². The molecule has 0 spiro atoms.